The van der Waals surface area contributed by atoms with Crippen molar-refractivity contribution < 1.29 is 23.6 Å². The van der Waals surface area contributed by atoms with Crippen LogP contribution in [0.5, 0.6) is 0 Å². The van der Waals surface area contributed by atoms with E-state index in [0.29, 0.717) is 6.42 Å². The zero-order chi connectivity index (χ0) is 14.8. The molecule has 0 aliphatic carbocycles. The minimum Gasteiger partial charge on any atom is -0.496 e. The van der Waals surface area contributed by atoms with Crippen LogP contribution >= 0.6 is 0 Å². The molecule has 110 valence electrons. The smallest absolute Gasteiger partial charge is 0.496 e. The number of epoxide rings is 1. The Morgan fingerprint density at radius 1 is 1.14 bits per heavy atom. The Morgan fingerprint density at radius 3 is 2.38 bits per heavy atom. The number of nitrogens with zero attached hydrogens (tertiary/aromatic N) is 1. The summed E-state index contributed by atoms with van der Waals surface area (Å²) in [7, 11) is 0.724. The number of hydrogen-bond acceptors (Lipinski definition) is 6. The van der Waals surface area contributed by atoms with Crippen molar-refractivity contribution in [1.29, 1.82) is 0 Å². The highest BCUT2D eigenvalue weighted by molar-refractivity contribution is 6.51. The maximum absolute atomic E-state index is 11.6. The van der Waals surface area contributed by atoms with Crippen LogP contribution in [-0.2, 0) is 30.1 Å². The van der Waals surface area contributed by atoms with Gasteiger partial charge in [0.2, 0.25) is 0 Å². The minimum absolute atomic E-state index is 0.0711. The summed E-state index contributed by atoms with van der Waals surface area (Å²) in [4.78, 5) is 24.9. The fourth-order valence-electron chi connectivity index (χ4n) is 2.40. The van der Waals surface area contributed by atoms with Gasteiger partial charge in [0.15, 0.2) is 0 Å². The van der Waals surface area contributed by atoms with Gasteiger partial charge >= 0.3 is 19.1 Å². The summed E-state index contributed by atoms with van der Waals surface area (Å²) in [6.45, 7) is 0.142. The van der Waals surface area contributed by atoms with Gasteiger partial charge in [-0.15, -0.1) is 0 Å². The van der Waals surface area contributed by atoms with Crippen molar-refractivity contribution >= 4 is 19.1 Å². The van der Waals surface area contributed by atoms with E-state index in [9.17, 15) is 9.59 Å². The van der Waals surface area contributed by atoms with E-state index in [1.54, 1.807) is 11.9 Å². The lowest BCUT2D eigenvalue weighted by Crippen LogP contribution is -2.45. The van der Waals surface area contributed by atoms with Gasteiger partial charge < -0.3 is 14.0 Å². The number of benzene rings is 1. The van der Waals surface area contributed by atoms with E-state index < -0.39 is 19.1 Å². The van der Waals surface area contributed by atoms with Crippen LogP contribution in [0.4, 0.5) is 0 Å². The van der Waals surface area contributed by atoms with Gasteiger partial charge in [0.05, 0.1) is 19.2 Å². The van der Waals surface area contributed by atoms with E-state index in [-0.39, 0.29) is 25.2 Å². The maximum Gasteiger partial charge on any atom is 0.632 e. The molecule has 7 heteroatoms. The van der Waals surface area contributed by atoms with Gasteiger partial charge in [-0.25, -0.2) is 0 Å². The average molecular weight is 289 g/mol. The molecule has 2 aliphatic rings. The number of carbonyl (C=O) groups excluding carboxylic acids is 2. The highest BCUT2D eigenvalue weighted by Gasteiger charge is 2.55. The molecular weight excluding hydrogens is 273 g/mol. The zero-order valence-electron chi connectivity index (χ0n) is 11.7. The van der Waals surface area contributed by atoms with E-state index in [1.165, 1.54) is 0 Å². The summed E-state index contributed by atoms with van der Waals surface area (Å²) in [5.74, 6) is -0.826. The van der Waals surface area contributed by atoms with Crippen LogP contribution in [0.3, 0.4) is 0 Å². The molecule has 0 unspecified atom stereocenters. The Hall–Kier alpha value is -1.86. The van der Waals surface area contributed by atoms with Crippen LogP contribution in [-0.4, -0.2) is 56.2 Å². The normalized spacial score (nSPS) is 26.6. The van der Waals surface area contributed by atoms with Crippen LogP contribution < -0.4 is 0 Å². The van der Waals surface area contributed by atoms with Crippen LogP contribution in [0.2, 0.25) is 0 Å². The molecule has 1 aromatic carbocycles. The predicted molar refractivity (Wildman–Crippen MR) is 74.2 cm³/mol. The quantitative estimate of drug-likeness (QED) is 0.579. The summed E-state index contributed by atoms with van der Waals surface area (Å²) < 4.78 is 15.9. The van der Waals surface area contributed by atoms with Crippen molar-refractivity contribution in [2.24, 2.45) is 0 Å². The standard InChI is InChI=1S/C14H16BNO5/c1-16-8-12(17)20-15(21-13(18)9-16)14-11(19-14)7-10-5-3-2-4-6-10/h2-6,11,14H,7-9H2,1H3/t11-,14+/m1/s1. The molecule has 0 saturated carbocycles. The molecule has 0 bridgehead atoms. The summed E-state index contributed by atoms with van der Waals surface area (Å²) in [5.41, 5.74) is 1.13. The first-order chi connectivity index (χ1) is 10.1. The molecule has 2 fully saturated rings. The van der Waals surface area contributed by atoms with Gasteiger partial charge in [-0.1, -0.05) is 30.3 Å². The van der Waals surface area contributed by atoms with E-state index in [0.717, 1.165) is 5.56 Å². The average Bonchev–Trinajstić information content (AvgIpc) is 3.16. The third kappa shape index (κ3) is 3.62. The minimum atomic E-state index is -0.938. The second-order valence-corrected chi connectivity index (χ2v) is 5.35. The number of rotatable bonds is 3. The summed E-state index contributed by atoms with van der Waals surface area (Å²) >= 11 is 0. The van der Waals surface area contributed by atoms with E-state index in [1.807, 2.05) is 30.3 Å². The molecule has 0 amide bonds. The van der Waals surface area contributed by atoms with Crippen LogP contribution in [0.1, 0.15) is 5.56 Å². The van der Waals surface area contributed by atoms with Crippen LogP contribution in [0.15, 0.2) is 30.3 Å². The molecule has 0 N–H and O–H groups in total. The number of carbonyl (C=O) groups is 2. The third-order valence-corrected chi connectivity index (χ3v) is 3.46. The first-order valence-electron chi connectivity index (χ1n) is 6.89. The fourth-order valence-corrected chi connectivity index (χ4v) is 2.40. The molecule has 0 aromatic heterocycles. The van der Waals surface area contributed by atoms with Crippen molar-refractivity contribution in [1.82, 2.24) is 4.90 Å². The number of ether oxygens (including phenoxy) is 1. The summed E-state index contributed by atoms with van der Waals surface area (Å²) in [6.07, 6.45) is 0.618. The lowest BCUT2D eigenvalue weighted by molar-refractivity contribution is -0.145. The van der Waals surface area contributed by atoms with Crippen molar-refractivity contribution in [2.45, 2.75) is 18.5 Å². The highest BCUT2D eigenvalue weighted by atomic mass is 16.7. The Bertz CT molecular complexity index is 517. The SMILES string of the molecule is CN1CC(=O)OB([C@H]2O[C@@H]2Cc2ccccc2)OC(=O)C1. The monoisotopic (exact) mass is 289 g/mol. The number of hydrogen-bond donors (Lipinski definition) is 0. The Balaban J connectivity index is 1.59. The molecule has 3 rings (SSSR count). The first-order valence-corrected chi connectivity index (χ1v) is 6.89. The zero-order valence-corrected chi connectivity index (χ0v) is 11.7. The molecular formula is C14H16BNO5. The van der Waals surface area contributed by atoms with Gasteiger partial charge in [0.25, 0.3) is 0 Å². The van der Waals surface area contributed by atoms with Crippen molar-refractivity contribution in [3.8, 4) is 0 Å². The topological polar surface area (TPSA) is 68.4 Å². The molecule has 1 aromatic rings. The lowest BCUT2D eigenvalue weighted by Gasteiger charge is -2.21. The Kier molecular flexibility index (Phi) is 3.94. The maximum atomic E-state index is 11.6. The number of likely N-dealkylation sites (N-methyl/N-ethyl adjacent to an activating group) is 1. The van der Waals surface area contributed by atoms with Gasteiger partial charge in [0.1, 0.15) is 6.00 Å². The molecule has 2 atom stereocenters. The predicted octanol–water partition coefficient (Wildman–Crippen LogP) is 0.0557. The molecule has 21 heavy (non-hydrogen) atoms. The second kappa shape index (κ2) is 5.87. The summed E-state index contributed by atoms with van der Waals surface area (Å²) in [6, 6.07) is 9.50. The van der Waals surface area contributed by atoms with Gasteiger partial charge in [-0.2, -0.15) is 0 Å². The molecule has 2 heterocycles. The molecule has 0 radical (unpaired) electrons. The van der Waals surface area contributed by atoms with Gasteiger partial charge in [0, 0.05) is 6.42 Å². The van der Waals surface area contributed by atoms with Crippen molar-refractivity contribution in [3.05, 3.63) is 35.9 Å². The molecule has 0 spiro atoms. The van der Waals surface area contributed by atoms with E-state index in [4.69, 9.17) is 14.0 Å². The highest BCUT2D eigenvalue weighted by Crippen LogP contribution is 2.29. The summed E-state index contributed by atoms with van der Waals surface area (Å²) in [5, 5.41) is 0. The Morgan fingerprint density at radius 2 is 1.76 bits per heavy atom. The van der Waals surface area contributed by atoms with Crippen LogP contribution in [0.25, 0.3) is 0 Å². The second-order valence-electron chi connectivity index (χ2n) is 5.35. The van der Waals surface area contributed by atoms with Gasteiger partial charge in [-0.3, -0.25) is 14.5 Å². The fraction of sp³-hybridized carbons (Fsp3) is 0.429. The molecule has 6 nitrogen and oxygen atoms in total. The third-order valence-electron chi connectivity index (χ3n) is 3.46. The van der Waals surface area contributed by atoms with E-state index >= 15 is 0 Å². The Labute approximate surface area is 123 Å². The largest absolute Gasteiger partial charge is 0.632 e. The molecule has 2 aliphatic heterocycles. The van der Waals surface area contributed by atoms with Crippen LogP contribution in [0, 0.1) is 0 Å². The van der Waals surface area contributed by atoms with Crippen molar-refractivity contribution in [2.75, 3.05) is 20.1 Å². The molecule has 2 saturated heterocycles. The van der Waals surface area contributed by atoms with E-state index in [2.05, 4.69) is 0 Å². The lowest BCUT2D eigenvalue weighted by atomic mass is 9.80. The van der Waals surface area contributed by atoms with Gasteiger partial charge in [-0.05, 0) is 12.6 Å². The first kappa shape index (κ1) is 14.1. The van der Waals surface area contributed by atoms with Crippen molar-refractivity contribution in [3.63, 3.8) is 0 Å².